The molecular formula is C15H31N3. The molecule has 0 fully saturated rings. The number of nitrogens with zero attached hydrogens (tertiary/aromatic N) is 1. The van der Waals surface area contributed by atoms with Crippen LogP contribution < -0.4 is 10.9 Å². The van der Waals surface area contributed by atoms with Crippen molar-refractivity contribution in [3.8, 4) is 0 Å². The van der Waals surface area contributed by atoms with Gasteiger partial charge in [-0.3, -0.25) is 4.99 Å². The highest BCUT2D eigenvalue weighted by atomic mass is 15.4. The Balaban J connectivity index is 2.33. The van der Waals surface area contributed by atoms with Crippen molar-refractivity contribution < 1.29 is 0 Å². The van der Waals surface area contributed by atoms with E-state index in [1.165, 1.54) is 63.6 Å². The Morgan fingerprint density at radius 1 is 1.00 bits per heavy atom. The van der Waals surface area contributed by atoms with Gasteiger partial charge in [0, 0.05) is 12.5 Å². The van der Waals surface area contributed by atoms with Crippen LogP contribution in [0.15, 0.2) is 4.99 Å². The molecule has 1 atom stereocenters. The Morgan fingerprint density at radius 2 is 1.67 bits per heavy atom. The normalized spacial score (nSPS) is 17.1. The Hall–Kier alpha value is -0.570. The Bertz CT molecular complexity index is 226. The summed E-state index contributed by atoms with van der Waals surface area (Å²) >= 11 is 0. The molecule has 0 amide bonds. The average molecular weight is 253 g/mol. The summed E-state index contributed by atoms with van der Waals surface area (Å²) in [5.74, 6) is 1.87. The molecule has 1 heterocycles. The molecule has 0 aromatic carbocycles. The number of hydrogen-bond acceptors (Lipinski definition) is 3. The second kappa shape index (κ2) is 10.4. The fraction of sp³-hybridized carbons (Fsp3) is 0.933. The molecule has 18 heavy (non-hydrogen) atoms. The second-order valence-corrected chi connectivity index (χ2v) is 5.36. The lowest BCUT2D eigenvalue weighted by molar-refractivity contribution is 0.471. The first-order valence-electron chi connectivity index (χ1n) is 7.91. The lowest BCUT2D eigenvalue weighted by Gasteiger charge is -2.24. The smallest absolute Gasteiger partial charge is 0.114 e. The summed E-state index contributed by atoms with van der Waals surface area (Å²) in [5, 5.41) is 0. The molecular weight excluding hydrogens is 222 g/mol. The second-order valence-electron chi connectivity index (χ2n) is 5.36. The lowest BCUT2D eigenvalue weighted by Crippen LogP contribution is -2.46. The Kier molecular flexibility index (Phi) is 8.92. The molecule has 1 aliphatic heterocycles. The largest absolute Gasteiger partial charge is 0.309 e. The molecule has 2 N–H and O–H groups in total. The third-order valence-electron chi connectivity index (χ3n) is 3.68. The number of rotatable bonds is 10. The molecule has 1 unspecified atom stereocenters. The van der Waals surface area contributed by atoms with E-state index in [0.29, 0.717) is 5.92 Å². The summed E-state index contributed by atoms with van der Waals surface area (Å²) in [6.45, 7) is 6.44. The zero-order chi connectivity index (χ0) is 13.1. The molecule has 0 aromatic heterocycles. The van der Waals surface area contributed by atoms with Crippen LogP contribution in [0.5, 0.6) is 0 Å². The van der Waals surface area contributed by atoms with Gasteiger partial charge < -0.3 is 5.43 Å². The van der Waals surface area contributed by atoms with Crippen molar-refractivity contribution in [2.45, 2.75) is 71.6 Å². The van der Waals surface area contributed by atoms with Crippen molar-refractivity contribution in [3.63, 3.8) is 0 Å². The number of hydrogen-bond donors (Lipinski definition) is 2. The van der Waals surface area contributed by atoms with Crippen LogP contribution in [-0.4, -0.2) is 18.9 Å². The van der Waals surface area contributed by atoms with Gasteiger partial charge in [0.05, 0.1) is 6.54 Å². The van der Waals surface area contributed by atoms with E-state index in [1.807, 2.05) is 0 Å². The quantitative estimate of drug-likeness (QED) is 0.583. The maximum absolute atomic E-state index is 4.65. The lowest BCUT2D eigenvalue weighted by atomic mass is 9.93. The minimum Gasteiger partial charge on any atom is -0.309 e. The minimum atomic E-state index is 0.654. The van der Waals surface area contributed by atoms with Crippen LogP contribution in [0.1, 0.15) is 71.6 Å². The highest BCUT2D eigenvalue weighted by Crippen LogP contribution is 2.19. The van der Waals surface area contributed by atoms with Gasteiger partial charge in [-0.05, 0) is 12.8 Å². The van der Waals surface area contributed by atoms with E-state index in [9.17, 15) is 0 Å². The van der Waals surface area contributed by atoms with Crippen LogP contribution in [0.25, 0.3) is 0 Å². The monoisotopic (exact) mass is 253 g/mol. The van der Waals surface area contributed by atoms with Crippen molar-refractivity contribution in [2.24, 2.45) is 10.9 Å². The summed E-state index contributed by atoms with van der Waals surface area (Å²) < 4.78 is 0. The molecule has 3 nitrogen and oxygen atoms in total. The molecule has 0 spiro atoms. The van der Waals surface area contributed by atoms with Crippen molar-refractivity contribution in [3.05, 3.63) is 0 Å². The van der Waals surface area contributed by atoms with Crippen molar-refractivity contribution in [1.82, 2.24) is 10.9 Å². The molecule has 1 aliphatic rings. The number of unbranched alkanes of at least 4 members (excludes halogenated alkanes) is 5. The zero-order valence-electron chi connectivity index (χ0n) is 12.3. The highest BCUT2D eigenvalue weighted by Gasteiger charge is 2.16. The minimum absolute atomic E-state index is 0.654. The van der Waals surface area contributed by atoms with E-state index in [1.54, 1.807) is 0 Å². The van der Waals surface area contributed by atoms with E-state index < -0.39 is 0 Å². The van der Waals surface area contributed by atoms with Gasteiger partial charge in [-0.2, -0.15) is 0 Å². The van der Waals surface area contributed by atoms with Crippen molar-refractivity contribution in [2.75, 3.05) is 13.1 Å². The van der Waals surface area contributed by atoms with Crippen LogP contribution in [0.2, 0.25) is 0 Å². The first-order chi connectivity index (χ1) is 8.88. The summed E-state index contributed by atoms with van der Waals surface area (Å²) in [6, 6.07) is 0. The number of nitrogens with one attached hydrogen (secondary N) is 2. The summed E-state index contributed by atoms with van der Waals surface area (Å²) in [7, 11) is 0. The van der Waals surface area contributed by atoms with Crippen molar-refractivity contribution in [1.29, 1.82) is 0 Å². The van der Waals surface area contributed by atoms with E-state index in [2.05, 4.69) is 29.7 Å². The average Bonchev–Trinajstić information content (AvgIpc) is 2.42. The standard InChI is InChI=1S/C15H31N3/c1-3-5-7-9-11-14(10-8-6-4-2)15-16-12-13-17-18-15/h14,17H,3-13H2,1-2H3,(H,16,18). The molecule has 0 bridgehead atoms. The summed E-state index contributed by atoms with van der Waals surface area (Å²) in [4.78, 5) is 4.65. The topological polar surface area (TPSA) is 36.4 Å². The molecule has 0 radical (unpaired) electrons. The van der Waals surface area contributed by atoms with Gasteiger partial charge in [0.1, 0.15) is 5.84 Å². The van der Waals surface area contributed by atoms with Gasteiger partial charge in [-0.1, -0.05) is 58.8 Å². The molecule has 1 rings (SSSR count). The van der Waals surface area contributed by atoms with E-state index in [-0.39, 0.29) is 0 Å². The fourth-order valence-electron chi connectivity index (χ4n) is 2.53. The van der Waals surface area contributed by atoms with Crippen molar-refractivity contribution >= 4 is 5.84 Å². The number of amidine groups is 1. The third-order valence-corrected chi connectivity index (χ3v) is 3.68. The molecule has 0 saturated heterocycles. The molecule has 3 heteroatoms. The first kappa shape index (κ1) is 15.5. The Labute approximate surface area is 113 Å². The molecule has 0 saturated carbocycles. The van der Waals surface area contributed by atoms with Crippen LogP contribution >= 0.6 is 0 Å². The fourth-order valence-corrected chi connectivity index (χ4v) is 2.53. The molecule has 0 aliphatic carbocycles. The van der Waals surface area contributed by atoms with Gasteiger partial charge in [-0.15, -0.1) is 0 Å². The zero-order valence-corrected chi connectivity index (χ0v) is 12.3. The molecule has 106 valence electrons. The SMILES string of the molecule is CCCCCCC(CCCCC)C1=NCCNN1. The number of aliphatic imine (C=N–C) groups is 1. The summed E-state index contributed by atoms with van der Waals surface area (Å²) in [6.07, 6.45) is 12.0. The van der Waals surface area contributed by atoms with Gasteiger partial charge in [0.2, 0.25) is 0 Å². The maximum Gasteiger partial charge on any atom is 0.114 e. The van der Waals surface area contributed by atoms with Crippen LogP contribution in [-0.2, 0) is 0 Å². The summed E-state index contributed by atoms with van der Waals surface area (Å²) in [5.41, 5.74) is 6.51. The van der Waals surface area contributed by atoms with Crippen LogP contribution in [0.3, 0.4) is 0 Å². The van der Waals surface area contributed by atoms with Crippen LogP contribution in [0.4, 0.5) is 0 Å². The van der Waals surface area contributed by atoms with E-state index >= 15 is 0 Å². The third kappa shape index (κ3) is 6.39. The first-order valence-corrected chi connectivity index (χ1v) is 7.91. The molecule has 0 aromatic rings. The van der Waals surface area contributed by atoms with E-state index in [4.69, 9.17) is 0 Å². The van der Waals surface area contributed by atoms with Gasteiger partial charge in [-0.25, -0.2) is 5.43 Å². The maximum atomic E-state index is 4.65. The Morgan fingerprint density at radius 3 is 2.28 bits per heavy atom. The van der Waals surface area contributed by atoms with Crippen LogP contribution in [0, 0.1) is 5.92 Å². The highest BCUT2D eigenvalue weighted by molar-refractivity contribution is 5.84. The predicted molar refractivity (Wildman–Crippen MR) is 79.8 cm³/mol. The van der Waals surface area contributed by atoms with E-state index in [0.717, 1.165) is 13.1 Å². The predicted octanol–water partition coefficient (Wildman–Crippen LogP) is 3.66. The van der Waals surface area contributed by atoms with Gasteiger partial charge in [0.15, 0.2) is 0 Å². The number of hydrazine groups is 1. The van der Waals surface area contributed by atoms with Gasteiger partial charge in [0.25, 0.3) is 0 Å². The van der Waals surface area contributed by atoms with Gasteiger partial charge >= 0.3 is 0 Å².